The molecule has 0 aliphatic heterocycles. The standard InChI is InChI=1S/C14H19N3O4/c1-3-6-15-12(18)8-16-14(21)17-11-5-4-10(13(19)20)7-9(11)2/h4-5,7H,3,6,8H2,1-2H3,(H,15,18)(H,19,20)(H2,16,17,21). The van der Waals surface area contributed by atoms with Crippen LogP contribution in [0.1, 0.15) is 29.3 Å². The highest BCUT2D eigenvalue weighted by Crippen LogP contribution is 2.16. The topological polar surface area (TPSA) is 108 Å². The van der Waals surface area contributed by atoms with Crippen molar-refractivity contribution in [3.8, 4) is 0 Å². The highest BCUT2D eigenvalue weighted by molar-refractivity contribution is 5.94. The summed E-state index contributed by atoms with van der Waals surface area (Å²) in [5.41, 5.74) is 1.27. The fraction of sp³-hybridized carbons (Fsp3) is 0.357. The Morgan fingerprint density at radius 1 is 1.19 bits per heavy atom. The zero-order valence-corrected chi connectivity index (χ0v) is 12.0. The third kappa shape index (κ3) is 5.52. The monoisotopic (exact) mass is 293 g/mol. The van der Waals surface area contributed by atoms with E-state index in [0.29, 0.717) is 17.8 Å². The van der Waals surface area contributed by atoms with Crippen molar-refractivity contribution >= 4 is 23.6 Å². The Hall–Kier alpha value is -2.57. The summed E-state index contributed by atoms with van der Waals surface area (Å²) in [6.07, 6.45) is 0.826. The molecule has 1 aromatic rings. The van der Waals surface area contributed by atoms with Crippen LogP contribution in [-0.4, -0.2) is 36.1 Å². The number of benzene rings is 1. The summed E-state index contributed by atoms with van der Waals surface area (Å²) < 4.78 is 0. The summed E-state index contributed by atoms with van der Waals surface area (Å²) in [6.45, 7) is 4.08. The van der Waals surface area contributed by atoms with E-state index in [-0.39, 0.29) is 18.0 Å². The second kappa shape index (κ2) is 7.88. The van der Waals surface area contributed by atoms with Crippen molar-refractivity contribution in [2.75, 3.05) is 18.4 Å². The Kier molecular flexibility index (Phi) is 6.19. The average molecular weight is 293 g/mol. The van der Waals surface area contributed by atoms with E-state index in [4.69, 9.17) is 5.11 Å². The molecule has 0 saturated carbocycles. The maximum absolute atomic E-state index is 11.6. The minimum absolute atomic E-state index is 0.113. The van der Waals surface area contributed by atoms with Crippen LogP contribution < -0.4 is 16.0 Å². The van der Waals surface area contributed by atoms with Crippen molar-refractivity contribution in [2.24, 2.45) is 0 Å². The number of hydrogen-bond acceptors (Lipinski definition) is 3. The number of carbonyl (C=O) groups excluding carboxylic acids is 2. The molecule has 3 amide bonds. The predicted octanol–water partition coefficient (Wildman–Crippen LogP) is 1.34. The number of carboxylic acid groups (broad SMARTS) is 1. The van der Waals surface area contributed by atoms with Crippen molar-refractivity contribution in [1.29, 1.82) is 0 Å². The van der Waals surface area contributed by atoms with Gasteiger partial charge in [-0.1, -0.05) is 6.92 Å². The zero-order valence-electron chi connectivity index (χ0n) is 12.0. The second-order valence-corrected chi connectivity index (χ2v) is 4.49. The van der Waals surface area contributed by atoms with Crippen LogP contribution in [0.2, 0.25) is 0 Å². The van der Waals surface area contributed by atoms with Gasteiger partial charge in [0.1, 0.15) is 0 Å². The minimum Gasteiger partial charge on any atom is -0.478 e. The second-order valence-electron chi connectivity index (χ2n) is 4.49. The number of hydrogen-bond donors (Lipinski definition) is 4. The third-order valence-corrected chi connectivity index (χ3v) is 2.70. The molecule has 114 valence electrons. The molecule has 4 N–H and O–H groups in total. The summed E-state index contributed by atoms with van der Waals surface area (Å²) >= 11 is 0. The quantitative estimate of drug-likeness (QED) is 0.634. The van der Waals surface area contributed by atoms with Gasteiger partial charge in [0.2, 0.25) is 5.91 Å². The summed E-state index contributed by atoms with van der Waals surface area (Å²) in [6, 6.07) is 3.85. The van der Waals surface area contributed by atoms with Gasteiger partial charge in [-0.05, 0) is 37.1 Å². The average Bonchev–Trinajstić information content (AvgIpc) is 2.44. The summed E-state index contributed by atoms with van der Waals surface area (Å²) in [5, 5.41) is 16.5. The molecule has 0 aromatic heterocycles. The molecule has 7 nitrogen and oxygen atoms in total. The van der Waals surface area contributed by atoms with E-state index in [0.717, 1.165) is 6.42 Å². The number of carboxylic acids is 1. The molecule has 7 heteroatoms. The number of anilines is 1. The van der Waals surface area contributed by atoms with Crippen molar-refractivity contribution in [3.63, 3.8) is 0 Å². The summed E-state index contributed by atoms with van der Waals surface area (Å²) in [7, 11) is 0. The van der Waals surface area contributed by atoms with Gasteiger partial charge in [-0.2, -0.15) is 0 Å². The molecule has 0 spiro atoms. The lowest BCUT2D eigenvalue weighted by Gasteiger charge is -2.10. The summed E-state index contributed by atoms with van der Waals surface area (Å²) in [5.74, 6) is -1.29. The molecule has 1 aromatic carbocycles. The fourth-order valence-corrected chi connectivity index (χ4v) is 1.59. The normalized spacial score (nSPS) is 9.81. The third-order valence-electron chi connectivity index (χ3n) is 2.70. The van der Waals surface area contributed by atoms with Gasteiger partial charge >= 0.3 is 12.0 Å². The van der Waals surface area contributed by atoms with Crippen molar-refractivity contribution in [1.82, 2.24) is 10.6 Å². The first kappa shape index (κ1) is 16.5. The molecule has 1 rings (SSSR count). The van der Waals surface area contributed by atoms with Crippen LogP contribution in [0.3, 0.4) is 0 Å². The Bertz CT molecular complexity index is 543. The molecule has 0 heterocycles. The van der Waals surface area contributed by atoms with Crippen LogP contribution in [0.25, 0.3) is 0 Å². The van der Waals surface area contributed by atoms with Crippen molar-refractivity contribution in [3.05, 3.63) is 29.3 Å². The maximum atomic E-state index is 11.6. The van der Waals surface area contributed by atoms with Crippen LogP contribution in [0.15, 0.2) is 18.2 Å². The first-order valence-electron chi connectivity index (χ1n) is 6.59. The molecule has 0 fully saturated rings. The highest BCUT2D eigenvalue weighted by atomic mass is 16.4. The Labute approximate surface area is 122 Å². The van der Waals surface area contributed by atoms with E-state index in [9.17, 15) is 14.4 Å². The number of rotatable bonds is 6. The van der Waals surface area contributed by atoms with Gasteiger partial charge in [0, 0.05) is 12.2 Å². The fourth-order valence-electron chi connectivity index (χ4n) is 1.59. The van der Waals surface area contributed by atoms with Gasteiger partial charge in [0.05, 0.1) is 12.1 Å². The molecule has 0 aliphatic rings. The van der Waals surface area contributed by atoms with Crippen LogP contribution in [0.5, 0.6) is 0 Å². The Balaban J connectivity index is 2.51. The molecule has 0 bridgehead atoms. The molecule has 21 heavy (non-hydrogen) atoms. The molecule has 0 unspecified atom stereocenters. The number of aryl methyl sites for hydroxylation is 1. The van der Waals surface area contributed by atoms with E-state index >= 15 is 0 Å². The zero-order chi connectivity index (χ0) is 15.8. The lowest BCUT2D eigenvalue weighted by atomic mass is 10.1. The first-order valence-corrected chi connectivity index (χ1v) is 6.59. The van der Waals surface area contributed by atoms with E-state index in [1.807, 2.05) is 6.92 Å². The van der Waals surface area contributed by atoms with Crippen LogP contribution >= 0.6 is 0 Å². The van der Waals surface area contributed by atoms with Gasteiger partial charge in [-0.15, -0.1) is 0 Å². The van der Waals surface area contributed by atoms with Gasteiger partial charge in [-0.25, -0.2) is 9.59 Å². The number of amides is 3. The van der Waals surface area contributed by atoms with Crippen LogP contribution in [-0.2, 0) is 4.79 Å². The van der Waals surface area contributed by atoms with Crippen molar-refractivity contribution < 1.29 is 19.5 Å². The van der Waals surface area contributed by atoms with E-state index in [1.54, 1.807) is 6.92 Å². The van der Waals surface area contributed by atoms with E-state index in [1.165, 1.54) is 18.2 Å². The van der Waals surface area contributed by atoms with Crippen LogP contribution in [0, 0.1) is 6.92 Å². The molecule has 0 atom stereocenters. The lowest BCUT2D eigenvalue weighted by Crippen LogP contribution is -2.39. The Morgan fingerprint density at radius 2 is 1.90 bits per heavy atom. The maximum Gasteiger partial charge on any atom is 0.335 e. The van der Waals surface area contributed by atoms with Gasteiger partial charge in [0.25, 0.3) is 0 Å². The number of aromatic carboxylic acids is 1. The minimum atomic E-state index is -1.03. The van der Waals surface area contributed by atoms with Gasteiger partial charge in [0.15, 0.2) is 0 Å². The molecular weight excluding hydrogens is 274 g/mol. The molecule has 0 saturated heterocycles. The highest BCUT2D eigenvalue weighted by Gasteiger charge is 2.09. The SMILES string of the molecule is CCCNC(=O)CNC(=O)Nc1ccc(C(=O)O)cc1C. The largest absolute Gasteiger partial charge is 0.478 e. The predicted molar refractivity (Wildman–Crippen MR) is 78.5 cm³/mol. The van der Waals surface area contributed by atoms with E-state index in [2.05, 4.69) is 16.0 Å². The number of urea groups is 1. The lowest BCUT2D eigenvalue weighted by molar-refractivity contribution is -0.120. The van der Waals surface area contributed by atoms with Crippen molar-refractivity contribution in [2.45, 2.75) is 20.3 Å². The number of carbonyl (C=O) groups is 3. The molecular formula is C14H19N3O4. The van der Waals surface area contributed by atoms with Gasteiger partial charge < -0.3 is 21.1 Å². The molecule has 0 aliphatic carbocycles. The van der Waals surface area contributed by atoms with Crippen LogP contribution in [0.4, 0.5) is 10.5 Å². The van der Waals surface area contributed by atoms with Gasteiger partial charge in [-0.3, -0.25) is 4.79 Å². The first-order chi connectivity index (χ1) is 9.93. The molecule has 0 radical (unpaired) electrons. The number of nitrogens with one attached hydrogen (secondary N) is 3. The smallest absolute Gasteiger partial charge is 0.335 e. The summed E-state index contributed by atoms with van der Waals surface area (Å²) in [4.78, 5) is 33.8. The van der Waals surface area contributed by atoms with E-state index < -0.39 is 12.0 Å². The Morgan fingerprint density at radius 3 is 2.48 bits per heavy atom.